The molecule has 0 saturated heterocycles. The molecule has 7 nitrogen and oxygen atoms in total. The predicted molar refractivity (Wildman–Crippen MR) is 97.2 cm³/mol. The van der Waals surface area contributed by atoms with E-state index < -0.39 is 6.03 Å². The van der Waals surface area contributed by atoms with Gasteiger partial charge in [-0.1, -0.05) is 36.0 Å². The maximum Gasteiger partial charge on any atom is 0.333 e. The van der Waals surface area contributed by atoms with Gasteiger partial charge in [0.2, 0.25) is 0 Å². The largest absolute Gasteiger partial charge is 0.340 e. The molecule has 0 fully saturated rings. The summed E-state index contributed by atoms with van der Waals surface area (Å²) >= 11 is 1.60. The van der Waals surface area contributed by atoms with E-state index in [4.69, 9.17) is 0 Å². The van der Waals surface area contributed by atoms with E-state index in [-0.39, 0.29) is 5.91 Å². The predicted octanol–water partition coefficient (Wildman–Crippen LogP) is 2.43. The Morgan fingerprint density at radius 2 is 1.84 bits per heavy atom. The van der Waals surface area contributed by atoms with Gasteiger partial charge in [-0.3, -0.25) is 10.2 Å². The number of amides is 3. The SMILES string of the molecule is CNC(=O)NNC(=O)c1ccc(CSc2nc3ccccc3[nH]2)cc1. The zero-order valence-electron chi connectivity index (χ0n) is 13.5. The van der Waals surface area contributed by atoms with Gasteiger partial charge >= 0.3 is 6.03 Å². The first-order chi connectivity index (χ1) is 12.2. The van der Waals surface area contributed by atoms with Crippen LogP contribution in [0.1, 0.15) is 15.9 Å². The molecule has 0 aliphatic rings. The molecule has 3 amide bonds. The summed E-state index contributed by atoms with van der Waals surface area (Å²) in [5, 5.41) is 3.21. The van der Waals surface area contributed by atoms with E-state index in [2.05, 4.69) is 26.1 Å². The average molecular weight is 355 g/mol. The number of rotatable bonds is 4. The molecule has 1 aromatic heterocycles. The third-order valence-corrected chi connectivity index (χ3v) is 4.42. The fraction of sp³-hybridized carbons (Fsp3) is 0.118. The molecule has 3 aromatic rings. The number of carbonyl (C=O) groups is 2. The fourth-order valence-electron chi connectivity index (χ4n) is 2.15. The van der Waals surface area contributed by atoms with E-state index >= 15 is 0 Å². The van der Waals surface area contributed by atoms with Gasteiger partial charge in [0.25, 0.3) is 5.91 Å². The Bertz CT molecular complexity index is 858. The highest BCUT2D eigenvalue weighted by atomic mass is 32.2. The quantitative estimate of drug-likeness (QED) is 0.427. The van der Waals surface area contributed by atoms with Crippen molar-refractivity contribution in [1.82, 2.24) is 26.1 Å². The van der Waals surface area contributed by atoms with Crippen LogP contribution in [0.4, 0.5) is 4.79 Å². The number of urea groups is 1. The molecule has 1 heterocycles. The van der Waals surface area contributed by atoms with Crippen LogP contribution in [0.2, 0.25) is 0 Å². The van der Waals surface area contributed by atoms with Gasteiger partial charge < -0.3 is 10.3 Å². The van der Waals surface area contributed by atoms with Gasteiger partial charge in [0.15, 0.2) is 5.16 Å². The van der Waals surface area contributed by atoms with Gasteiger partial charge in [-0.25, -0.2) is 15.2 Å². The third kappa shape index (κ3) is 4.30. The van der Waals surface area contributed by atoms with Crippen LogP contribution in [-0.4, -0.2) is 29.0 Å². The summed E-state index contributed by atoms with van der Waals surface area (Å²) in [6, 6.07) is 14.6. The minimum atomic E-state index is -0.479. The van der Waals surface area contributed by atoms with Crippen LogP contribution in [0.25, 0.3) is 11.0 Å². The van der Waals surface area contributed by atoms with E-state index in [1.54, 1.807) is 23.9 Å². The first-order valence-electron chi connectivity index (χ1n) is 7.60. The molecule has 8 heteroatoms. The normalized spacial score (nSPS) is 10.4. The smallest absolute Gasteiger partial charge is 0.333 e. The molecule has 2 aromatic carbocycles. The average Bonchev–Trinajstić information content (AvgIpc) is 3.07. The summed E-state index contributed by atoms with van der Waals surface area (Å²) in [5.41, 5.74) is 8.06. The van der Waals surface area contributed by atoms with Crippen LogP contribution >= 0.6 is 11.8 Å². The van der Waals surface area contributed by atoms with Crippen molar-refractivity contribution < 1.29 is 9.59 Å². The number of aromatic amines is 1. The molecule has 4 N–H and O–H groups in total. The number of hydrogen-bond acceptors (Lipinski definition) is 4. The second-order valence-corrected chi connectivity index (χ2v) is 6.17. The number of nitrogens with zero attached hydrogens (tertiary/aromatic N) is 1. The summed E-state index contributed by atoms with van der Waals surface area (Å²) in [6.45, 7) is 0. The summed E-state index contributed by atoms with van der Waals surface area (Å²) < 4.78 is 0. The number of fused-ring (bicyclic) bond motifs is 1. The van der Waals surface area contributed by atoms with Crippen molar-refractivity contribution in [3.63, 3.8) is 0 Å². The summed E-state index contributed by atoms with van der Waals surface area (Å²) in [4.78, 5) is 30.7. The van der Waals surface area contributed by atoms with Crippen LogP contribution in [0.5, 0.6) is 0 Å². The van der Waals surface area contributed by atoms with Crippen molar-refractivity contribution in [2.45, 2.75) is 10.9 Å². The summed E-state index contributed by atoms with van der Waals surface area (Å²) in [7, 11) is 1.47. The number of H-pyrrole nitrogens is 1. The third-order valence-electron chi connectivity index (χ3n) is 3.48. The number of carbonyl (C=O) groups excluding carboxylic acids is 2. The van der Waals surface area contributed by atoms with Crippen LogP contribution in [0, 0.1) is 0 Å². The molecule has 0 radical (unpaired) electrons. The Morgan fingerprint density at radius 1 is 1.08 bits per heavy atom. The molecule has 0 aliphatic heterocycles. The lowest BCUT2D eigenvalue weighted by molar-refractivity contribution is 0.0936. The van der Waals surface area contributed by atoms with Crippen molar-refractivity contribution >= 4 is 34.7 Å². The topological polar surface area (TPSA) is 98.9 Å². The lowest BCUT2D eigenvalue weighted by atomic mass is 10.1. The van der Waals surface area contributed by atoms with Crippen LogP contribution in [-0.2, 0) is 5.75 Å². The second-order valence-electron chi connectivity index (χ2n) is 5.20. The number of hydrazine groups is 1. The Kier molecular flexibility index (Phi) is 5.20. The first kappa shape index (κ1) is 16.8. The van der Waals surface area contributed by atoms with Crippen molar-refractivity contribution in [2.75, 3.05) is 7.05 Å². The van der Waals surface area contributed by atoms with Gasteiger partial charge in [-0.05, 0) is 29.8 Å². The zero-order valence-corrected chi connectivity index (χ0v) is 14.3. The zero-order chi connectivity index (χ0) is 17.6. The lowest BCUT2D eigenvalue weighted by Gasteiger charge is -2.07. The molecule has 0 aliphatic carbocycles. The van der Waals surface area contributed by atoms with E-state index in [1.807, 2.05) is 36.4 Å². The molecule has 3 rings (SSSR count). The Hall–Kier alpha value is -3.00. The maximum atomic E-state index is 11.9. The van der Waals surface area contributed by atoms with Gasteiger partial charge in [0.1, 0.15) is 0 Å². The highest BCUT2D eigenvalue weighted by molar-refractivity contribution is 7.98. The second kappa shape index (κ2) is 7.71. The molecule has 0 unspecified atom stereocenters. The lowest BCUT2D eigenvalue weighted by Crippen LogP contribution is -2.45. The number of aromatic nitrogens is 2. The minimum absolute atomic E-state index is 0.375. The van der Waals surface area contributed by atoms with Crippen molar-refractivity contribution in [3.8, 4) is 0 Å². The summed E-state index contributed by atoms with van der Waals surface area (Å²) in [5.74, 6) is 0.359. The van der Waals surface area contributed by atoms with E-state index in [0.29, 0.717) is 5.56 Å². The fourth-order valence-corrected chi connectivity index (χ4v) is 2.99. The Labute approximate surface area is 148 Å². The molecule has 0 bridgehead atoms. The van der Waals surface area contributed by atoms with E-state index in [1.165, 1.54) is 7.05 Å². The van der Waals surface area contributed by atoms with Gasteiger partial charge in [0.05, 0.1) is 11.0 Å². The number of para-hydroxylation sites is 2. The molecule has 25 heavy (non-hydrogen) atoms. The standard InChI is InChI=1S/C17H17N5O2S/c1-18-16(24)22-21-15(23)12-8-6-11(7-9-12)10-25-17-19-13-4-2-3-5-14(13)20-17/h2-9H,10H2,1H3,(H,19,20)(H,21,23)(H2,18,22,24). The molecule has 0 atom stereocenters. The van der Waals surface area contributed by atoms with Gasteiger partial charge in [0, 0.05) is 18.4 Å². The Morgan fingerprint density at radius 3 is 2.56 bits per heavy atom. The highest BCUT2D eigenvalue weighted by Crippen LogP contribution is 2.23. The number of nitrogens with one attached hydrogen (secondary N) is 4. The molecule has 128 valence electrons. The number of benzene rings is 2. The first-order valence-corrected chi connectivity index (χ1v) is 8.59. The van der Waals surface area contributed by atoms with Crippen molar-refractivity contribution in [2.24, 2.45) is 0 Å². The Balaban J connectivity index is 1.57. The monoisotopic (exact) mass is 355 g/mol. The molecular weight excluding hydrogens is 338 g/mol. The van der Waals surface area contributed by atoms with E-state index in [0.717, 1.165) is 27.5 Å². The van der Waals surface area contributed by atoms with Gasteiger partial charge in [-0.2, -0.15) is 0 Å². The van der Waals surface area contributed by atoms with Crippen LogP contribution < -0.4 is 16.2 Å². The number of hydrogen-bond donors (Lipinski definition) is 4. The number of imidazole rings is 1. The van der Waals surface area contributed by atoms with Crippen molar-refractivity contribution in [3.05, 3.63) is 59.7 Å². The van der Waals surface area contributed by atoms with Gasteiger partial charge in [-0.15, -0.1) is 0 Å². The van der Waals surface area contributed by atoms with Crippen molar-refractivity contribution in [1.29, 1.82) is 0 Å². The summed E-state index contributed by atoms with van der Waals surface area (Å²) in [6.07, 6.45) is 0. The van der Waals surface area contributed by atoms with Crippen LogP contribution in [0.15, 0.2) is 53.7 Å². The van der Waals surface area contributed by atoms with E-state index in [9.17, 15) is 9.59 Å². The molecule has 0 spiro atoms. The molecular formula is C17H17N5O2S. The highest BCUT2D eigenvalue weighted by Gasteiger charge is 2.07. The minimum Gasteiger partial charge on any atom is -0.340 e. The molecule has 0 saturated carbocycles. The van der Waals surface area contributed by atoms with Crippen LogP contribution in [0.3, 0.4) is 0 Å². The maximum absolute atomic E-state index is 11.9. The number of thioether (sulfide) groups is 1.